The fourth-order valence-corrected chi connectivity index (χ4v) is 0.706. The summed E-state index contributed by atoms with van der Waals surface area (Å²) >= 11 is 0. The normalized spacial score (nSPS) is 8.46. The van der Waals surface area contributed by atoms with Crippen LogP contribution in [-0.4, -0.2) is 25.0 Å². The molecule has 13 heavy (non-hydrogen) atoms. The Morgan fingerprint density at radius 2 is 2.23 bits per heavy atom. The van der Waals surface area contributed by atoms with E-state index in [0.29, 0.717) is 0 Å². The van der Waals surface area contributed by atoms with Crippen molar-refractivity contribution in [3.05, 3.63) is 30.3 Å². The first kappa shape index (κ1) is 12.0. The molecule has 1 aromatic carbocycles. The van der Waals surface area contributed by atoms with Gasteiger partial charge in [0.25, 0.3) is 0 Å². The van der Waals surface area contributed by atoms with E-state index in [9.17, 15) is 4.79 Å². The number of nitrogens with one attached hydrogen (secondary N) is 1. The van der Waals surface area contributed by atoms with Gasteiger partial charge in [-0.2, -0.15) is 24.3 Å². The number of anilines is 1. The number of carbonyl (C=O) groups is 1. The van der Waals surface area contributed by atoms with Gasteiger partial charge in [0.2, 0.25) is 0 Å². The minimum Gasteiger partial charge on any atom is -0.361 e. The number of urea groups is 1. The van der Waals surface area contributed by atoms with Crippen molar-refractivity contribution < 1.29 is 21.9 Å². The van der Waals surface area contributed by atoms with Gasteiger partial charge in [-0.1, -0.05) is 5.69 Å². The SMILES string of the molecule is CN(C)C(=O)Nc1c[c-]ccc1.[Fe]. The Kier molecular flexibility index (Phi) is 5.19. The molecule has 0 radical (unpaired) electrons. The first-order chi connectivity index (χ1) is 5.70. The molecule has 4 heteroatoms. The standard InChI is InChI=1S/C9H11N2O.Fe/c1-11(2)9(12)10-8-6-4-3-5-7-8;/h3-4,6-7H,1-2H3,(H,10,12);/q-1;. The molecule has 0 spiro atoms. The molecule has 1 N–H and O–H groups in total. The second-order valence-corrected chi connectivity index (χ2v) is 2.62. The van der Waals surface area contributed by atoms with Crippen LogP contribution < -0.4 is 5.32 Å². The van der Waals surface area contributed by atoms with Gasteiger partial charge in [0.05, 0.1) is 0 Å². The summed E-state index contributed by atoms with van der Waals surface area (Å²) in [5, 5.41) is 2.70. The number of rotatable bonds is 1. The summed E-state index contributed by atoms with van der Waals surface area (Å²) in [7, 11) is 3.39. The van der Waals surface area contributed by atoms with Crippen molar-refractivity contribution in [2.45, 2.75) is 0 Å². The van der Waals surface area contributed by atoms with E-state index in [2.05, 4.69) is 11.4 Å². The molecule has 0 unspecified atom stereocenters. The van der Waals surface area contributed by atoms with Gasteiger partial charge in [-0.15, -0.1) is 6.07 Å². The van der Waals surface area contributed by atoms with Crippen LogP contribution in [0.1, 0.15) is 0 Å². The van der Waals surface area contributed by atoms with Crippen molar-refractivity contribution in [1.29, 1.82) is 0 Å². The molecule has 1 rings (SSSR count). The average Bonchev–Trinajstić information content (AvgIpc) is 2.06. The van der Waals surface area contributed by atoms with Gasteiger partial charge in [0.15, 0.2) is 0 Å². The summed E-state index contributed by atoms with van der Waals surface area (Å²) in [4.78, 5) is 12.6. The number of hydrogen-bond donors (Lipinski definition) is 1. The fraction of sp³-hybridized carbons (Fsp3) is 0.222. The first-order valence-corrected chi connectivity index (χ1v) is 3.64. The molecule has 0 heterocycles. The van der Waals surface area contributed by atoms with E-state index in [-0.39, 0.29) is 23.1 Å². The zero-order chi connectivity index (χ0) is 8.97. The van der Waals surface area contributed by atoms with Crippen LogP contribution in [0.3, 0.4) is 0 Å². The molecule has 72 valence electrons. The molecular weight excluding hydrogens is 208 g/mol. The fourth-order valence-electron chi connectivity index (χ4n) is 0.706. The third-order valence-electron chi connectivity index (χ3n) is 1.36. The molecule has 0 atom stereocenters. The number of nitrogens with zero attached hydrogens (tertiary/aromatic N) is 1. The van der Waals surface area contributed by atoms with Crippen molar-refractivity contribution in [1.82, 2.24) is 4.90 Å². The minimum atomic E-state index is -0.130. The molecule has 0 saturated heterocycles. The Balaban J connectivity index is 0.00000144. The summed E-state index contributed by atoms with van der Waals surface area (Å²) in [6.45, 7) is 0. The molecular formula is C9H11FeN2O-. The second kappa shape index (κ2) is 5.62. The molecule has 0 fully saturated rings. The molecule has 0 saturated carbocycles. The Bertz CT molecular complexity index is 262. The number of carbonyl (C=O) groups excluding carboxylic acids is 1. The van der Waals surface area contributed by atoms with Gasteiger partial charge in [-0.3, -0.25) is 0 Å². The molecule has 0 aliphatic rings. The second-order valence-electron chi connectivity index (χ2n) is 2.62. The van der Waals surface area contributed by atoms with Crippen molar-refractivity contribution in [2.75, 3.05) is 19.4 Å². The van der Waals surface area contributed by atoms with E-state index in [4.69, 9.17) is 0 Å². The first-order valence-electron chi connectivity index (χ1n) is 3.64. The summed E-state index contributed by atoms with van der Waals surface area (Å²) in [6, 6.07) is 9.89. The number of hydrogen-bond acceptors (Lipinski definition) is 1. The minimum absolute atomic E-state index is 0. The number of amides is 2. The maximum atomic E-state index is 11.1. The zero-order valence-electron chi connectivity index (χ0n) is 7.52. The largest absolute Gasteiger partial charge is 0.361 e. The van der Waals surface area contributed by atoms with E-state index in [1.807, 2.05) is 12.1 Å². The summed E-state index contributed by atoms with van der Waals surface area (Å²) in [6.07, 6.45) is 0. The van der Waals surface area contributed by atoms with Crippen LogP contribution >= 0.6 is 0 Å². The van der Waals surface area contributed by atoms with Gasteiger partial charge in [-0.25, -0.2) is 4.79 Å². The zero-order valence-corrected chi connectivity index (χ0v) is 8.62. The maximum absolute atomic E-state index is 11.1. The maximum Gasteiger partial charge on any atom is 0.310 e. The van der Waals surface area contributed by atoms with E-state index in [1.54, 1.807) is 26.2 Å². The van der Waals surface area contributed by atoms with Crippen LogP contribution in [0.5, 0.6) is 0 Å². The van der Waals surface area contributed by atoms with Crippen molar-refractivity contribution in [3.63, 3.8) is 0 Å². The Labute approximate surface area is 88.6 Å². The Hall–Kier alpha value is -0.991. The third-order valence-corrected chi connectivity index (χ3v) is 1.36. The van der Waals surface area contributed by atoms with Crippen molar-refractivity contribution in [2.24, 2.45) is 0 Å². The van der Waals surface area contributed by atoms with Crippen LogP contribution in [0.4, 0.5) is 10.5 Å². The van der Waals surface area contributed by atoms with Crippen LogP contribution in [0.25, 0.3) is 0 Å². The van der Waals surface area contributed by atoms with Crippen LogP contribution in [0.15, 0.2) is 24.3 Å². The van der Waals surface area contributed by atoms with Crippen molar-refractivity contribution in [3.8, 4) is 0 Å². The van der Waals surface area contributed by atoms with E-state index >= 15 is 0 Å². The quantitative estimate of drug-likeness (QED) is 0.564. The van der Waals surface area contributed by atoms with Gasteiger partial charge >= 0.3 is 6.03 Å². The van der Waals surface area contributed by atoms with Crippen LogP contribution in [-0.2, 0) is 17.1 Å². The predicted octanol–water partition coefficient (Wildman–Crippen LogP) is 1.58. The Morgan fingerprint density at radius 1 is 1.54 bits per heavy atom. The number of benzene rings is 1. The topological polar surface area (TPSA) is 32.3 Å². The molecule has 3 nitrogen and oxygen atoms in total. The predicted molar refractivity (Wildman–Crippen MR) is 48.0 cm³/mol. The summed E-state index contributed by atoms with van der Waals surface area (Å²) < 4.78 is 0. The summed E-state index contributed by atoms with van der Waals surface area (Å²) in [5.41, 5.74) is 0.760. The van der Waals surface area contributed by atoms with Crippen LogP contribution in [0.2, 0.25) is 0 Å². The van der Waals surface area contributed by atoms with Gasteiger partial charge in [0, 0.05) is 31.2 Å². The third kappa shape index (κ3) is 3.97. The molecule has 0 aliphatic carbocycles. The molecule has 0 aromatic heterocycles. The van der Waals surface area contributed by atoms with Crippen LogP contribution in [0, 0.1) is 6.07 Å². The summed E-state index contributed by atoms with van der Waals surface area (Å²) in [5.74, 6) is 0. The smallest absolute Gasteiger partial charge is 0.310 e. The Morgan fingerprint density at radius 3 is 2.69 bits per heavy atom. The van der Waals surface area contributed by atoms with Gasteiger partial charge < -0.3 is 10.2 Å². The molecule has 1 aromatic rings. The molecule has 0 aliphatic heterocycles. The van der Waals surface area contributed by atoms with E-state index in [1.165, 1.54) is 4.90 Å². The molecule has 0 bridgehead atoms. The molecule has 2 amide bonds. The van der Waals surface area contributed by atoms with Gasteiger partial charge in [0.1, 0.15) is 0 Å². The average molecular weight is 219 g/mol. The van der Waals surface area contributed by atoms with E-state index < -0.39 is 0 Å². The van der Waals surface area contributed by atoms with Crippen molar-refractivity contribution >= 4 is 11.7 Å². The monoisotopic (exact) mass is 219 g/mol. The van der Waals surface area contributed by atoms with Gasteiger partial charge in [-0.05, 0) is 0 Å². The van der Waals surface area contributed by atoms with E-state index in [0.717, 1.165) is 5.69 Å².